The molecule has 0 aliphatic rings. The van der Waals surface area contributed by atoms with Crippen LogP contribution in [0.4, 0.5) is 5.69 Å². The highest BCUT2D eigenvalue weighted by Crippen LogP contribution is 2.28. The second-order valence-corrected chi connectivity index (χ2v) is 4.81. The maximum Gasteiger partial charge on any atom is 0.0991 e. The number of halogens is 2. The lowest BCUT2D eigenvalue weighted by atomic mass is 10.3. The van der Waals surface area contributed by atoms with Crippen LogP contribution in [0.2, 0.25) is 0 Å². The van der Waals surface area contributed by atoms with Gasteiger partial charge < -0.3 is 10.3 Å². The summed E-state index contributed by atoms with van der Waals surface area (Å²) in [6.45, 7) is 0. The molecule has 0 bridgehead atoms. The van der Waals surface area contributed by atoms with Gasteiger partial charge in [-0.05, 0) is 50.7 Å². The fourth-order valence-corrected chi connectivity index (χ4v) is 2.56. The van der Waals surface area contributed by atoms with Gasteiger partial charge in [0, 0.05) is 26.1 Å². The van der Waals surface area contributed by atoms with Crippen LogP contribution in [0.15, 0.2) is 35.3 Å². The summed E-state index contributed by atoms with van der Waals surface area (Å²) in [6, 6.07) is 3.99. The lowest BCUT2D eigenvalue weighted by Gasteiger charge is -2.06. The fraction of sp³-hybridized carbons (Fsp3) is 0. The van der Waals surface area contributed by atoms with E-state index >= 15 is 0 Å². The number of nitrogen functional groups attached to an aromatic ring is 1. The van der Waals surface area contributed by atoms with E-state index in [2.05, 4.69) is 43.5 Å². The molecule has 0 fully saturated rings. The van der Waals surface area contributed by atoms with Crippen LogP contribution in [-0.2, 0) is 0 Å². The lowest BCUT2D eigenvalue weighted by molar-refractivity contribution is 1.05. The topological polar surface area (TPSA) is 43.8 Å². The van der Waals surface area contributed by atoms with Crippen LogP contribution < -0.4 is 5.73 Å². The minimum absolute atomic E-state index is 0.773. The van der Waals surface area contributed by atoms with E-state index in [1.165, 1.54) is 0 Å². The molecule has 0 amide bonds. The smallest absolute Gasteiger partial charge is 0.0991 e. The minimum Gasteiger partial charge on any atom is -0.397 e. The van der Waals surface area contributed by atoms with Gasteiger partial charge in [0.2, 0.25) is 0 Å². The molecule has 2 aromatic rings. The highest BCUT2D eigenvalue weighted by Gasteiger charge is 2.04. The molecule has 0 radical (unpaired) electrons. The molecule has 1 aromatic carbocycles. The summed E-state index contributed by atoms with van der Waals surface area (Å²) in [7, 11) is 0. The molecule has 1 heterocycles. The Hall–Kier alpha value is -0.560. The zero-order valence-corrected chi connectivity index (χ0v) is 10.9. The van der Waals surface area contributed by atoms with Crippen molar-refractivity contribution in [3.63, 3.8) is 0 Å². The van der Waals surface area contributed by atoms with Gasteiger partial charge in [0.25, 0.3) is 0 Å². The number of hydrogen-bond acceptors (Lipinski definition) is 2. The van der Waals surface area contributed by atoms with Crippen molar-refractivity contribution in [2.75, 3.05) is 5.73 Å². The second kappa shape index (κ2) is 3.90. The summed E-state index contributed by atoms with van der Waals surface area (Å²) in [5.74, 6) is 0. The number of hydrogen-bond donors (Lipinski definition) is 1. The normalized spacial score (nSPS) is 10.4. The van der Waals surface area contributed by atoms with E-state index in [1.807, 2.05) is 22.9 Å². The third kappa shape index (κ3) is 1.78. The zero-order valence-electron chi connectivity index (χ0n) is 7.11. The van der Waals surface area contributed by atoms with Gasteiger partial charge in [-0.3, -0.25) is 0 Å². The Labute approximate surface area is 104 Å². The average molecular weight is 364 g/mol. The van der Waals surface area contributed by atoms with Crippen molar-refractivity contribution < 1.29 is 0 Å². The van der Waals surface area contributed by atoms with Crippen LogP contribution in [0.25, 0.3) is 5.69 Å². The molecule has 1 aromatic heterocycles. The van der Waals surface area contributed by atoms with Crippen molar-refractivity contribution in [1.82, 2.24) is 9.55 Å². The molecule has 0 unspecified atom stereocenters. The molecule has 0 spiro atoms. The third-order valence-corrected chi connectivity index (χ3v) is 3.41. The number of imidazole rings is 1. The standard InChI is InChI=1S/C9H7BrIN3/c10-7-3-6(4-8(11)9(7)12)14-2-1-13-5-14/h1-5H,12H2. The van der Waals surface area contributed by atoms with Gasteiger partial charge in [-0.2, -0.15) is 0 Å². The monoisotopic (exact) mass is 363 g/mol. The van der Waals surface area contributed by atoms with E-state index < -0.39 is 0 Å². The van der Waals surface area contributed by atoms with Crippen molar-refractivity contribution in [3.8, 4) is 5.69 Å². The predicted octanol–water partition coefficient (Wildman–Crippen LogP) is 2.82. The molecule has 0 aliphatic heterocycles. The number of nitrogens with zero attached hydrogens (tertiary/aromatic N) is 2. The summed E-state index contributed by atoms with van der Waals surface area (Å²) in [4.78, 5) is 3.99. The number of rotatable bonds is 1. The van der Waals surface area contributed by atoms with Gasteiger partial charge in [0.15, 0.2) is 0 Å². The Morgan fingerprint density at radius 1 is 1.43 bits per heavy atom. The van der Waals surface area contributed by atoms with E-state index in [0.29, 0.717) is 0 Å². The second-order valence-electron chi connectivity index (χ2n) is 2.79. The summed E-state index contributed by atoms with van der Waals surface area (Å²) in [6.07, 6.45) is 5.40. The average Bonchev–Trinajstić information content (AvgIpc) is 2.66. The number of aromatic nitrogens is 2. The largest absolute Gasteiger partial charge is 0.397 e. The zero-order chi connectivity index (χ0) is 10.1. The van der Waals surface area contributed by atoms with E-state index in [4.69, 9.17) is 5.73 Å². The maximum atomic E-state index is 5.82. The van der Waals surface area contributed by atoms with E-state index in [0.717, 1.165) is 19.4 Å². The van der Waals surface area contributed by atoms with Crippen LogP contribution in [0.5, 0.6) is 0 Å². The third-order valence-electron chi connectivity index (χ3n) is 1.87. The van der Waals surface area contributed by atoms with Gasteiger partial charge in [-0.15, -0.1) is 0 Å². The predicted molar refractivity (Wildman–Crippen MR) is 68.4 cm³/mol. The van der Waals surface area contributed by atoms with Gasteiger partial charge in [0.1, 0.15) is 0 Å². The fourth-order valence-electron chi connectivity index (χ4n) is 1.13. The van der Waals surface area contributed by atoms with Crippen molar-refractivity contribution in [2.45, 2.75) is 0 Å². The first kappa shape index (κ1) is 9.97. The quantitative estimate of drug-likeness (QED) is 0.625. The molecule has 2 N–H and O–H groups in total. The molecule has 72 valence electrons. The van der Waals surface area contributed by atoms with Crippen molar-refractivity contribution in [3.05, 3.63) is 38.9 Å². The van der Waals surface area contributed by atoms with E-state index in [1.54, 1.807) is 12.5 Å². The SMILES string of the molecule is Nc1c(Br)cc(-n2ccnc2)cc1I. The summed E-state index contributed by atoms with van der Waals surface area (Å²) < 4.78 is 3.88. The molecule has 0 saturated heterocycles. The number of benzene rings is 1. The lowest BCUT2D eigenvalue weighted by Crippen LogP contribution is -1.96. The molecule has 5 heteroatoms. The molecule has 0 saturated carbocycles. The first-order valence-corrected chi connectivity index (χ1v) is 5.78. The van der Waals surface area contributed by atoms with Gasteiger partial charge in [-0.1, -0.05) is 0 Å². The highest BCUT2D eigenvalue weighted by atomic mass is 127. The number of anilines is 1. The molecule has 0 aliphatic carbocycles. The van der Waals surface area contributed by atoms with Gasteiger partial charge in [0.05, 0.1) is 12.0 Å². The Bertz CT molecular complexity index is 430. The Balaban J connectivity index is 2.57. The van der Waals surface area contributed by atoms with Crippen LogP contribution in [0.1, 0.15) is 0 Å². The molecule has 3 nitrogen and oxygen atoms in total. The van der Waals surface area contributed by atoms with Gasteiger partial charge >= 0.3 is 0 Å². The summed E-state index contributed by atoms with van der Waals surface area (Å²) in [5, 5.41) is 0. The molecular formula is C9H7BrIN3. The van der Waals surface area contributed by atoms with E-state index in [-0.39, 0.29) is 0 Å². The van der Waals surface area contributed by atoms with Crippen LogP contribution in [-0.4, -0.2) is 9.55 Å². The van der Waals surface area contributed by atoms with Crippen LogP contribution in [0.3, 0.4) is 0 Å². The Kier molecular flexibility index (Phi) is 2.78. The van der Waals surface area contributed by atoms with Crippen molar-refractivity contribution in [2.24, 2.45) is 0 Å². The van der Waals surface area contributed by atoms with Crippen molar-refractivity contribution in [1.29, 1.82) is 0 Å². The number of nitrogens with two attached hydrogens (primary N) is 1. The first-order chi connectivity index (χ1) is 6.68. The van der Waals surface area contributed by atoms with Gasteiger partial charge in [-0.25, -0.2) is 4.98 Å². The summed E-state index contributed by atoms with van der Waals surface area (Å²) >= 11 is 5.63. The molecule has 2 rings (SSSR count). The first-order valence-electron chi connectivity index (χ1n) is 3.91. The van der Waals surface area contributed by atoms with Crippen molar-refractivity contribution >= 4 is 44.2 Å². The molecule has 0 atom stereocenters. The van der Waals surface area contributed by atoms with E-state index in [9.17, 15) is 0 Å². The molecule has 14 heavy (non-hydrogen) atoms. The minimum atomic E-state index is 0.773. The molecular weight excluding hydrogens is 357 g/mol. The maximum absolute atomic E-state index is 5.82. The summed E-state index contributed by atoms with van der Waals surface area (Å²) in [5.41, 5.74) is 7.65. The Morgan fingerprint density at radius 2 is 2.21 bits per heavy atom. The highest BCUT2D eigenvalue weighted by molar-refractivity contribution is 14.1. The van der Waals surface area contributed by atoms with Crippen LogP contribution in [0, 0.1) is 3.57 Å². The Morgan fingerprint density at radius 3 is 2.79 bits per heavy atom. The van der Waals surface area contributed by atoms with Crippen LogP contribution >= 0.6 is 38.5 Å².